The SMILES string of the molecule is Nc1c2ccccc2c(C2=C3CC=CC=C3C(N)(c3cccc4ccc5cc6ccccc6cc5c34)c3ccccc32)c2ccccc12. The van der Waals surface area contributed by atoms with Crippen LogP contribution in [0.15, 0.2) is 169 Å². The highest BCUT2D eigenvalue weighted by Crippen LogP contribution is 2.55. The second-order valence-corrected chi connectivity index (χ2v) is 13.2. The predicted molar refractivity (Wildman–Crippen MR) is 204 cm³/mol. The predicted octanol–water partition coefficient (Wildman–Crippen LogP) is 10.9. The highest BCUT2D eigenvalue weighted by Gasteiger charge is 2.44. The van der Waals surface area contributed by atoms with Crippen LogP contribution < -0.4 is 11.5 Å². The van der Waals surface area contributed by atoms with Gasteiger partial charge in [0.15, 0.2) is 0 Å². The summed E-state index contributed by atoms with van der Waals surface area (Å²) in [6.45, 7) is 0. The molecule has 10 rings (SSSR count). The summed E-state index contributed by atoms with van der Waals surface area (Å²) in [6.07, 6.45) is 7.49. The van der Waals surface area contributed by atoms with Gasteiger partial charge in [0.05, 0.1) is 5.54 Å². The normalized spacial score (nSPS) is 17.3. The number of nitrogen functional groups attached to an aromatic ring is 1. The zero-order valence-corrected chi connectivity index (χ0v) is 26.4. The fourth-order valence-corrected chi connectivity index (χ4v) is 8.66. The molecule has 0 aromatic heterocycles. The summed E-state index contributed by atoms with van der Waals surface area (Å²) < 4.78 is 0. The van der Waals surface area contributed by atoms with Crippen LogP contribution in [-0.4, -0.2) is 0 Å². The highest BCUT2D eigenvalue weighted by atomic mass is 14.8. The molecular weight excluding hydrogens is 581 g/mol. The van der Waals surface area contributed by atoms with Crippen molar-refractivity contribution in [3.63, 3.8) is 0 Å². The van der Waals surface area contributed by atoms with Crippen LogP contribution >= 0.6 is 0 Å². The van der Waals surface area contributed by atoms with E-state index >= 15 is 0 Å². The fourth-order valence-electron chi connectivity index (χ4n) is 8.66. The maximum absolute atomic E-state index is 8.05. The van der Waals surface area contributed by atoms with E-state index in [-0.39, 0.29) is 0 Å². The van der Waals surface area contributed by atoms with E-state index in [1.807, 2.05) is 0 Å². The van der Waals surface area contributed by atoms with Crippen molar-refractivity contribution in [2.45, 2.75) is 12.0 Å². The van der Waals surface area contributed by atoms with Crippen LogP contribution in [0.4, 0.5) is 5.69 Å². The number of hydrogen-bond acceptors (Lipinski definition) is 2. The van der Waals surface area contributed by atoms with Gasteiger partial charge in [0, 0.05) is 16.5 Å². The smallest absolute Gasteiger partial charge is 0.0938 e. The number of allylic oxidation sites excluding steroid dienone is 3. The molecule has 48 heavy (non-hydrogen) atoms. The topological polar surface area (TPSA) is 52.0 Å². The molecule has 226 valence electrons. The van der Waals surface area contributed by atoms with E-state index in [1.54, 1.807) is 0 Å². The Balaban J connectivity index is 1.35. The summed E-state index contributed by atoms with van der Waals surface area (Å²) in [5, 5.41) is 11.8. The quantitative estimate of drug-likeness (QED) is 0.116. The van der Waals surface area contributed by atoms with Gasteiger partial charge in [0.25, 0.3) is 0 Å². The van der Waals surface area contributed by atoms with Gasteiger partial charge in [-0.25, -0.2) is 0 Å². The summed E-state index contributed by atoms with van der Waals surface area (Å²) in [6, 6.07) is 50.3. The Morgan fingerprint density at radius 3 is 1.90 bits per heavy atom. The number of hydrogen-bond donors (Lipinski definition) is 2. The molecule has 1 unspecified atom stereocenters. The van der Waals surface area contributed by atoms with Crippen LogP contribution in [0.3, 0.4) is 0 Å². The Bertz CT molecular complexity index is 2720. The molecule has 0 spiro atoms. The summed E-state index contributed by atoms with van der Waals surface area (Å²) in [5.74, 6) is 0. The monoisotopic (exact) mass is 612 g/mol. The molecule has 0 saturated heterocycles. The third kappa shape index (κ3) is 3.61. The van der Waals surface area contributed by atoms with Crippen molar-refractivity contribution in [3.05, 3.63) is 191 Å². The Morgan fingerprint density at radius 1 is 0.521 bits per heavy atom. The van der Waals surface area contributed by atoms with Gasteiger partial charge < -0.3 is 11.5 Å². The maximum atomic E-state index is 8.05. The molecule has 0 heterocycles. The van der Waals surface area contributed by atoms with Crippen LogP contribution in [0.1, 0.15) is 28.7 Å². The molecule has 1 atom stereocenters. The molecule has 4 N–H and O–H groups in total. The molecule has 0 saturated carbocycles. The van der Waals surface area contributed by atoms with E-state index in [2.05, 4.69) is 158 Å². The molecule has 8 aromatic carbocycles. The Labute approximate surface area is 278 Å². The first kappa shape index (κ1) is 27.2. The van der Waals surface area contributed by atoms with Gasteiger partial charge in [-0.2, -0.15) is 0 Å². The number of anilines is 1. The van der Waals surface area contributed by atoms with Gasteiger partial charge in [0.1, 0.15) is 0 Å². The zero-order chi connectivity index (χ0) is 32.0. The van der Waals surface area contributed by atoms with Crippen molar-refractivity contribution >= 4 is 65.1 Å². The van der Waals surface area contributed by atoms with Crippen LogP contribution in [-0.2, 0) is 5.54 Å². The van der Waals surface area contributed by atoms with E-state index in [0.29, 0.717) is 0 Å². The van der Waals surface area contributed by atoms with Gasteiger partial charge in [-0.05, 0) is 101 Å². The fraction of sp³-hybridized carbons (Fsp3) is 0.0435. The standard InChI is InChI=1S/C46H32N2/c47-45-34-17-5-3-15-32(34)43(33-16-4-6-18-35(33)45)44-36-19-7-9-21-39(36)46(48,40-22-10-8-20-37(40)44)41-23-11-14-28-24-25-31-26-29-12-1-2-13-30(29)27-38(31)42(28)41/h1-19,21-27H,20,47-48H2. The van der Waals surface area contributed by atoms with Gasteiger partial charge >= 0.3 is 0 Å². The lowest BCUT2D eigenvalue weighted by atomic mass is 9.63. The molecular formula is C46H32N2. The Morgan fingerprint density at radius 2 is 1.12 bits per heavy atom. The zero-order valence-electron chi connectivity index (χ0n) is 26.4. The van der Waals surface area contributed by atoms with Gasteiger partial charge in [-0.1, -0.05) is 146 Å². The molecule has 0 amide bonds. The third-order valence-corrected chi connectivity index (χ3v) is 10.8. The van der Waals surface area contributed by atoms with Crippen LogP contribution in [0, 0.1) is 0 Å². The van der Waals surface area contributed by atoms with E-state index in [1.165, 1.54) is 54.6 Å². The van der Waals surface area contributed by atoms with Crippen LogP contribution in [0.5, 0.6) is 0 Å². The van der Waals surface area contributed by atoms with Crippen molar-refractivity contribution in [3.8, 4) is 0 Å². The second kappa shape index (κ2) is 10.0. The van der Waals surface area contributed by atoms with E-state index in [9.17, 15) is 0 Å². The largest absolute Gasteiger partial charge is 0.398 e. The average Bonchev–Trinajstić information content (AvgIpc) is 3.15. The minimum Gasteiger partial charge on any atom is -0.398 e. The molecule has 0 fully saturated rings. The summed E-state index contributed by atoms with van der Waals surface area (Å²) in [5.41, 5.74) is 23.1. The molecule has 0 bridgehead atoms. The summed E-state index contributed by atoms with van der Waals surface area (Å²) in [4.78, 5) is 0. The van der Waals surface area contributed by atoms with Gasteiger partial charge in [-0.15, -0.1) is 0 Å². The van der Waals surface area contributed by atoms with Crippen molar-refractivity contribution < 1.29 is 0 Å². The lowest BCUT2D eigenvalue weighted by molar-refractivity contribution is 0.635. The molecule has 2 nitrogen and oxygen atoms in total. The van der Waals surface area contributed by atoms with Crippen molar-refractivity contribution in [2.75, 3.05) is 5.73 Å². The molecule has 8 aromatic rings. The Kier molecular flexibility index (Phi) is 5.67. The van der Waals surface area contributed by atoms with Gasteiger partial charge in [0.2, 0.25) is 0 Å². The molecule has 0 aliphatic heterocycles. The lowest BCUT2D eigenvalue weighted by Gasteiger charge is -2.43. The minimum absolute atomic E-state index is 0.789. The van der Waals surface area contributed by atoms with Gasteiger partial charge in [-0.3, -0.25) is 0 Å². The highest BCUT2D eigenvalue weighted by molar-refractivity contribution is 6.20. The van der Waals surface area contributed by atoms with Crippen molar-refractivity contribution in [1.82, 2.24) is 0 Å². The van der Waals surface area contributed by atoms with Crippen LogP contribution in [0.2, 0.25) is 0 Å². The molecule has 0 radical (unpaired) electrons. The maximum Gasteiger partial charge on any atom is 0.0938 e. The molecule has 2 heteroatoms. The number of benzene rings is 8. The summed E-state index contributed by atoms with van der Waals surface area (Å²) >= 11 is 0. The second-order valence-electron chi connectivity index (χ2n) is 13.2. The van der Waals surface area contributed by atoms with Crippen molar-refractivity contribution in [1.29, 1.82) is 0 Å². The average molecular weight is 613 g/mol. The third-order valence-electron chi connectivity index (χ3n) is 10.8. The molecule has 2 aliphatic carbocycles. The minimum atomic E-state index is -0.890. The van der Waals surface area contributed by atoms with Crippen LogP contribution in [0.25, 0.3) is 59.4 Å². The summed E-state index contributed by atoms with van der Waals surface area (Å²) in [7, 11) is 0. The number of rotatable bonds is 2. The van der Waals surface area contributed by atoms with Crippen molar-refractivity contribution in [2.24, 2.45) is 5.73 Å². The van der Waals surface area contributed by atoms with E-state index in [4.69, 9.17) is 11.5 Å². The Hall–Kier alpha value is -5.96. The van der Waals surface area contributed by atoms with E-state index < -0.39 is 5.54 Å². The first-order valence-electron chi connectivity index (χ1n) is 16.7. The number of nitrogens with two attached hydrogens (primary N) is 2. The molecule has 2 aliphatic rings. The first-order chi connectivity index (χ1) is 23.6. The lowest BCUT2D eigenvalue weighted by Crippen LogP contribution is -2.44. The van der Waals surface area contributed by atoms with E-state index in [0.717, 1.165) is 50.4 Å². The number of fused-ring (bicyclic) bond motifs is 8. The first-order valence-corrected chi connectivity index (χ1v) is 16.7.